The van der Waals surface area contributed by atoms with Crippen molar-refractivity contribution >= 4 is 10.9 Å². The van der Waals surface area contributed by atoms with Crippen LogP contribution in [-0.4, -0.2) is 17.8 Å². The molecule has 0 fully saturated rings. The fraction of sp³-hybridized carbons (Fsp3) is 0.385. The van der Waals surface area contributed by atoms with Crippen LogP contribution >= 0.6 is 0 Å². The van der Waals surface area contributed by atoms with Gasteiger partial charge in [0.1, 0.15) is 0 Å². The average molecular weight is 203 g/mol. The zero-order valence-corrected chi connectivity index (χ0v) is 9.36. The molecule has 0 spiro atoms. The first-order valence-corrected chi connectivity index (χ1v) is 5.45. The SMILES string of the molecule is CCOCCn1cc(C)c2ccccc21. The Hall–Kier alpha value is -1.28. The lowest BCUT2D eigenvalue weighted by Crippen LogP contribution is -2.04. The van der Waals surface area contributed by atoms with Gasteiger partial charge in [0.05, 0.1) is 6.61 Å². The molecule has 0 amide bonds. The van der Waals surface area contributed by atoms with Crippen LogP contribution in [0.1, 0.15) is 12.5 Å². The van der Waals surface area contributed by atoms with Crippen LogP contribution in [0.5, 0.6) is 0 Å². The predicted molar refractivity (Wildman–Crippen MR) is 63.2 cm³/mol. The highest BCUT2D eigenvalue weighted by Crippen LogP contribution is 2.19. The van der Waals surface area contributed by atoms with Gasteiger partial charge in [-0.15, -0.1) is 0 Å². The molecule has 0 saturated carbocycles. The maximum atomic E-state index is 5.37. The van der Waals surface area contributed by atoms with Gasteiger partial charge in [-0.05, 0) is 25.5 Å². The van der Waals surface area contributed by atoms with Crippen LogP contribution in [0, 0.1) is 6.92 Å². The third kappa shape index (κ3) is 2.05. The quantitative estimate of drug-likeness (QED) is 0.697. The molecule has 0 N–H and O–H groups in total. The number of hydrogen-bond acceptors (Lipinski definition) is 1. The summed E-state index contributed by atoms with van der Waals surface area (Å²) in [5, 5.41) is 1.34. The number of rotatable bonds is 4. The van der Waals surface area contributed by atoms with E-state index < -0.39 is 0 Å². The van der Waals surface area contributed by atoms with Gasteiger partial charge in [-0.2, -0.15) is 0 Å². The van der Waals surface area contributed by atoms with Crippen LogP contribution in [0.4, 0.5) is 0 Å². The fourth-order valence-electron chi connectivity index (χ4n) is 1.92. The molecule has 2 rings (SSSR count). The third-order valence-electron chi connectivity index (χ3n) is 2.67. The highest BCUT2D eigenvalue weighted by molar-refractivity contribution is 5.83. The zero-order chi connectivity index (χ0) is 10.7. The molecule has 1 aromatic carbocycles. The first-order valence-electron chi connectivity index (χ1n) is 5.45. The molecule has 0 atom stereocenters. The van der Waals surface area contributed by atoms with E-state index in [0.29, 0.717) is 0 Å². The molecule has 2 nitrogen and oxygen atoms in total. The normalized spacial score (nSPS) is 11.1. The Labute approximate surface area is 90.5 Å². The van der Waals surface area contributed by atoms with Crippen molar-refractivity contribution in [2.75, 3.05) is 13.2 Å². The maximum Gasteiger partial charge on any atom is 0.0645 e. The second kappa shape index (κ2) is 4.49. The lowest BCUT2D eigenvalue weighted by atomic mass is 10.2. The molecule has 2 heteroatoms. The summed E-state index contributed by atoms with van der Waals surface area (Å²) in [4.78, 5) is 0. The molecule has 0 saturated heterocycles. The Morgan fingerprint density at radius 2 is 2.07 bits per heavy atom. The monoisotopic (exact) mass is 203 g/mol. The van der Waals surface area contributed by atoms with E-state index in [4.69, 9.17) is 4.74 Å². The highest BCUT2D eigenvalue weighted by atomic mass is 16.5. The van der Waals surface area contributed by atoms with Crippen molar-refractivity contribution in [3.8, 4) is 0 Å². The van der Waals surface area contributed by atoms with E-state index in [1.54, 1.807) is 0 Å². The summed E-state index contributed by atoms with van der Waals surface area (Å²) in [5.74, 6) is 0. The molecule has 0 bridgehead atoms. The number of ether oxygens (including phenoxy) is 1. The van der Waals surface area contributed by atoms with Crippen molar-refractivity contribution in [2.45, 2.75) is 20.4 Å². The van der Waals surface area contributed by atoms with Gasteiger partial charge in [-0.1, -0.05) is 18.2 Å². The fourth-order valence-corrected chi connectivity index (χ4v) is 1.92. The van der Waals surface area contributed by atoms with Gasteiger partial charge < -0.3 is 9.30 Å². The molecule has 80 valence electrons. The van der Waals surface area contributed by atoms with E-state index in [-0.39, 0.29) is 0 Å². The molecular formula is C13H17NO. The first kappa shape index (κ1) is 10.2. The van der Waals surface area contributed by atoms with Crippen molar-refractivity contribution in [3.05, 3.63) is 36.0 Å². The largest absolute Gasteiger partial charge is 0.380 e. The van der Waals surface area contributed by atoms with Gasteiger partial charge in [0.25, 0.3) is 0 Å². The Bertz CT molecular complexity index is 445. The lowest BCUT2D eigenvalue weighted by molar-refractivity contribution is 0.140. The molecule has 0 radical (unpaired) electrons. The van der Waals surface area contributed by atoms with Crippen LogP contribution in [0.2, 0.25) is 0 Å². The van der Waals surface area contributed by atoms with Crippen molar-refractivity contribution in [2.24, 2.45) is 0 Å². The minimum absolute atomic E-state index is 0.786. The van der Waals surface area contributed by atoms with Crippen LogP contribution in [-0.2, 0) is 11.3 Å². The second-order valence-electron chi connectivity index (χ2n) is 3.72. The molecule has 2 aromatic rings. The van der Waals surface area contributed by atoms with Gasteiger partial charge in [0, 0.05) is 30.3 Å². The van der Waals surface area contributed by atoms with E-state index in [9.17, 15) is 0 Å². The standard InChI is InChI=1S/C13H17NO/c1-3-15-9-8-14-10-11(2)12-6-4-5-7-13(12)14/h4-7,10H,3,8-9H2,1-2H3. The molecule has 0 aliphatic heterocycles. The summed E-state index contributed by atoms with van der Waals surface area (Å²) in [6, 6.07) is 8.50. The van der Waals surface area contributed by atoms with Crippen LogP contribution in [0.15, 0.2) is 30.5 Å². The predicted octanol–water partition coefficient (Wildman–Crippen LogP) is 2.99. The van der Waals surface area contributed by atoms with Gasteiger partial charge in [-0.3, -0.25) is 0 Å². The number of nitrogens with zero attached hydrogens (tertiary/aromatic N) is 1. The van der Waals surface area contributed by atoms with Crippen LogP contribution in [0.3, 0.4) is 0 Å². The Kier molecular flexibility index (Phi) is 3.07. The molecule has 1 aromatic heterocycles. The van der Waals surface area contributed by atoms with Crippen LogP contribution < -0.4 is 0 Å². The summed E-state index contributed by atoms with van der Waals surface area (Å²) >= 11 is 0. The average Bonchev–Trinajstić information content (AvgIpc) is 2.58. The number of fused-ring (bicyclic) bond motifs is 1. The van der Waals surface area contributed by atoms with Gasteiger partial charge >= 0.3 is 0 Å². The van der Waals surface area contributed by atoms with E-state index in [2.05, 4.69) is 42.0 Å². The van der Waals surface area contributed by atoms with Crippen LogP contribution in [0.25, 0.3) is 10.9 Å². The number of aromatic nitrogens is 1. The third-order valence-corrected chi connectivity index (χ3v) is 2.67. The van der Waals surface area contributed by atoms with Crippen molar-refractivity contribution in [1.82, 2.24) is 4.57 Å². The lowest BCUT2D eigenvalue weighted by Gasteiger charge is -2.04. The van der Waals surface area contributed by atoms with Gasteiger partial charge in [-0.25, -0.2) is 0 Å². The summed E-state index contributed by atoms with van der Waals surface area (Å²) in [6.07, 6.45) is 2.20. The minimum Gasteiger partial charge on any atom is -0.380 e. The van der Waals surface area contributed by atoms with Gasteiger partial charge in [0.15, 0.2) is 0 Å². The maximum absolute atomic E-state index is 5.37. The van der Waals surface area contributed by atoms with Crippen molar-refractivity contribution < 1.29 is 4.74 Å². The molecule has 15 heavy (non-hydrogen) atoms. The summed E-state index contributed by atoms with van der Waals surface area (Å²) in [6.45, 7) is 6.69. The highest BCUT2D eigenvalue weighted by Gasteiger charge is 2.03. The topological polar surface area (TPSA) is 14.2 Å². The van der Waals surface area contributed by atoms with E-state index in [0.717, 1.165) is 19.8 Å². The summed E-state index contributed by atoms with van der Waals surface area (Å²) < 4.78 is 7.64. The second-order valence-corrected chi connectivity index (χ2v) is 3.72. The van der Waals surface area contributed by atoms with Crippen molar-refractivity contribution in [1.29, 1.82) is 0 Å². The van der Waals surface area contributed by atoms with E-state index >= 15 is 0 Å². The number of benzene rings is 1. The molecular weight excluding hydrogens is 186 g/mol. The Balaban J connectivity index is 2.27. The Morgan fingerprint density at radius 3 is 2.87 bits per heavy atom. The Morgan fingerprint density at radius 1 is 1.27 bits per heavy atom. The summed E-state index contributed by atoms with van der Waals surface area (Å²) in [7, 11) is 0. The molecule has 0 unspecified atom stereocenters. The van der Waals surface area contributed by atoms with Gasteiger partial charge in [0.2, 0.25) is 0 Å². The number of hydrogen-bond donors (Lipinski definition) is 0. The first-order chi connectivity index (χ1) is 7.33. The summed E-state index contributed by atoms with van der Waals surface area (Å²) in [5.41, 5.74) is 2.64. The van der Waals surface area contributed by atoms with Crippen molar-refractivity contribution in [3.63, 3.8) is 0 Å². The molecule has 0 aliphatic carbocycles. The number of aryl methyl sites for hydroxylation is 1. The van der Waals surface area contributed by atoms with E-state index in [1.165, 1.54) is 16.5 Å². The smallest absolute Gasteiger partial charge is 0.0645 e. The zero-order valence-electron chi connectivity index (χ0n) is 9.36. The number of para-hydroxylation sites is 1. The molecule has 0 aliphatic rings. The van der Waals surface area contributed by atoms with E-state index in [1.807, 2.05) is 6.92 Å². The molecule has 1 heterocycles. The minimum atomic E-state index is 0.786.